The maximum atomic E-state index is 5.24. The first-order valence-electron chi connectivity index (χ1n) is 14.8. The summed E-state index contributed by atoms with van der Waals surface area (Å²) in [6.07, 6.45) is 1.85. The normalized spacial score (nSPS) is 13.8. The van der Waals surface area contributed by atoms with Gasteiger partial charge in [0.25, 0.3) is 0 Å². The van der Waals surface area contributed by atoms with Crippen LogP contribution in [0.15, 0.2) is 91.1 Å². The molecule has 220 valence electrons. The maximum Gasteiger partial charge on any atom is 3.00 e. The molecule has 0 aliphatic carbocycles. The molecule has 5 aromatic rings. The van der Waals surface area contributed by atoms with Gasteiger partial charge in [-0.3, -0.25) is 4.98 Å². The summed E-state index contributed by atoms with van der Waals surface area (Å²) in [7, 11) is 0. The Bertz CT molecular complexity index is 1790. The van der Waals surface area contributed by atoms with E-state index in [4.69, 9.17) is 5.32 Å². The molecule has 0 N–H and O–H groups in total. The van der Waals surface area contributed by atoms with Crippen molar-refractivity contribution >= 4 is 11.4 Å². The quantitative estimate of drug-likeness (QED) is 0.133. The third kappa shape index (κ3) is 5.89. The van der Waals surface area contributed by atoms with E-state index in [0.717, 1.165) is 44.9 Å². The van der Waals surface area contributed by atoms with Crippen LogP contribution in [0.2, 0.25) is 0 Å². The summed E-state index contributed by atoms with van der Waals surface area (Å²) in [6.45, 7) is 18.2. The summed E-state index contributed by atoms with van der Waals surface area (Å²) in [4.78, 5) is 4.66. The van der Waals surface area contributed by atoms with E-state index in [-0.39, 0.29) is 38.6 Å². The van der Waals surface area contributed by atoms with E-state index in [9.17, 15) is 0 Å². The summed E-state index contributed by atoms with van der Waals surface area (Å²) in [5.41, 5.74) is 13.0. The predicted molar refractivity (Wildman–Crippen MR) is 177 cm³/mol. The number of fused-ring (bicyclic) bond motifs is 2. The van der Waals surface area contributed by atoms with Crippen LogP contribution >= 0.6 is 0 Å². The van der Waals surface area contributed by atoms with Crippen molar-refractivity contribution in [3.63, 3.8) is 0 Å². The average Bonchev–Trinajstić information content (AvgIpc) is 2.96. The van der Waals surface area contributed by atoms with Gasteiger partial charge in [-0.25, -0.2) is 0 Å². The van der Waals surface area contributed by atoms with E-state index in [1.165, 1.54) is 22.3 Å². The summed E-state index contributed by atoms with van der Waals surface area (Å²) in [5.74, 6) is 0. The topological polar surface area (TPSA) is 27.0 Å². The number of hydrogen-bond donors (Lipinski definition) is 0. The molecule has 1 aliphatic heterocycles. The van der Waals surface area contributed by atoms with E-state index in [1.807, 2.05) is 18.3 Å². The van der Waals surface area contributed by atoms with Gasteiger partial charge in [0.05, 0.1) is 0 Å². The van der Waals surface area contributed by atoms with Crippen molar-refractivity contribution in [2.75, 3.05) is 0 Å². The molecule has 0 bridgehead atoms. The van der Waals surface area contributed by atoms with Crippen LogP contribution in [0.4, 0.5) is 11.4 Å². The first kappa shape index (κ1) is 31.0. The Hall–Kier alpha value is -3.43. The Morgan fingerprint density at radius 2 is 1.19 bits per heavy atom. The monoisotopic (exact) mass is 744 g/mol. The van der Waals surface area contributed by atoms with Gasteiger partial charge in [0.1, 0.15) is 0 Å². The molecule has 1 aromatic heterocycles. The zero-order valence-electron chi connectivity index (χ0n) is 26.4. The molecule has 0 fully saturated rings. The smallest absolute Gasteiger partial charge is 0.663 e. The van der Waals surface area contributed by atoms with E-state index < -0.39 is 0 Å². The summed E-state index contributed by atoms with van der Waals surface area (Å²) in [5, 5.41) is 5.24. The molecule has 3 heteroatoms. The van der Waals surface area contributed by atoms with Crippen LogP contribution in [0.1, 0.15) is 77.6 Å². The van der Waals surface area contributed by atoms with Crippen LogP contribution in [-0.2, 0) is 38.6 Å². The number of pyridine rings is 1. The largest absolute Gasteiger partial charge is 3.00 e. The molecule has 0 amide bonds. The molecule has 6 rings (SSSR count). The van der Waals surface area contributed by atoms with Crippen molar-refractivity contribution in [2.24, 2.45) is 0 Å². The molecule has 0 saturated carbocycles. The van der Waals surface area contributed by atoms with E-state index in [2.05, 4.69) is 145 Å². The van der Waals surface area contributed by atoms with Crippen molar-refractivity contribution in [1.29, 1.82) is 0 Å². The minimum Gasteiger partial charge on any atom is -0.663 e. The second-order valence-electron chi connectivity index (χ2n) is 14.1. The number of para-hydroxylation sites is 2. The Kier molecular flexibility index (Phi) is 8.11. The summed E-state index contributed by atoms with van der Waals surface area (Å²) < 4.78 is 0. The van der Waals surface area contributed by atoms with Crippen molar-refractivity contribution in [3.05, 3.63) is 131 Å². The van der Waals surface area contributed by atoms with Crippen LogP contribution in [0.25, 0.3) is 38.8 Å². The molecule has 0 atom stereocenters. The van der Waals surface area contributed by atoms with Gasteiger partial charge in [-0.2, -0.15) is 41.1 Å². The van der Waals surface area contributed by atoms with Crippen molar-refractivity contribution in [1.82, 2.24) is 4.98 Å². The van der Waals surface area contributed by atoms with E-state index in [0.29, 0.717) is 0 Å². The number of rotatable bonds is 3. The SMILES string of the molecule is CC(C)(C)c1cc(-c2[c-]c(-c3cccc4c3[N-]c3ccccc3C4(C)C)cc(C(C)(C)C)c2)[c-]c(-c2ccccn2)c1.[Au+3]. The first-order valence-corrected chi connectivity index (χ1v) is 14.8. The average molecular weight is 745 g/mol. The van der Waals surface area contributed by atoms with Crippen molar-refractivity contribution in [2.45, 2.75) is 71.6 Å². The van der Waals surface area contributed by atoms with Gasteiger partial charge in [-0.1, -0.05) is 127 Å². The number of benzene rings is 4. The number of nitrogens with zero attached hydrogens (tertiary/aromatic N) is 2. The second kappa shape index (κ2) is 11.2. The van der Waals surface area contributed by atoms with Gasteiger partial charge in [0, 0.05) is 17.3 Å². The Morgan fingerprint density at radius 3 is 1.81 bits per heavy atom. The van der Waals surface area contributed by atoms with Gasteiger partial charge in [0.15, 0.2) is 0 Å². The number of aromatic nitrogens is 1. The minimum atomic E-state index is -0.152. The van der Waals surface area contributed by atoms with Gasteiger partial charge < -0.3 is 5.32 Å². The molecule has 0 radical (unpaired) electrons. The fraction of sp³-hybridized carbons (Fsp3) is 0.275. The molecule has 0 saturated heterocycles. The van der Waals surface area contributed by atoms with Gasteiger partial charge >= 0.3 is 22.4 Å². The first-order chi connectivity index (χ1) is 19.8. The van der Waals surface area contributed by atoms with Crippen LogP contribution in [0.3, 0.4) is 0 Å². The molecule has 2 heterocycles. The standard InChI is InChI=1S/C40H39N2.Au/c1-38(2,3)30-22-26(27-21-29(35-17-11-12-19-41-35)25-31(23-27)39(4,5)6)20-28(24-30)32-14-13-16-34-37(32)42-36-18-10-9-15-33(36)40(34,7)8;/h9-19,22-25H,1-8H3;/q-3;+3. The molecular formula is C40H39AuN2. The Labute approximate surface area is 273 Å². The molecule has 1 aliphatic rings. The van der Waals surface area contributed by atoms with Crippen molar-refractivity contribution < 1.29 is 22.4 Å². The number of hydrogen-bond acceptors (Lipinski definition) is 1. The molecule has 43 heavy (non-hydrogen) atoms. The van der Waals surface area contributed by atoms with Gasteiger partial charge in [-0.05, 0) is 16.9 Å². The second-order valence-corrected chi connectivity index (χ2v) is 14.1. The third-order valence-corrected chi connectivity index (χ3v) is 8.51. The zero-order valence-corrected chi connectivity index (χ0v) is 28.5. The van der Waals surface area contributed by atoms with E-state index >= 15 is 0 Å². The maximum absolute atomic E-state index is 5.24. The van der Waals surface area contributed by atoms with Crippen LogP contribution in [-0.4, -0.2) is 4.98 Å². The summed E-state index contributed by atoms with van der Waals surface area (Å²) in [6, 6.07) is 37.8. The summed E-state index contributed by atoms with van der Waals surface area (Å²) >= 11 is 0. The fourth-order valence-corrected chi connectivity index (χ4v) is 5.85. The third-order valence-electron chi connectivity index (χ3n) is 8.51. The van der Waals surface area contributed by atoms with Crippen LogP contribution in [0.5, 0.6) is 0 Å². The predicted octanol–water partition coefficient (Wildman–Crippen LogP) is 11.3. The van der Waals surface area contributed by atoms with Crippen LogP contribution < -0.4 is 0 Å². The fourth-order valence-electron chi connectivity index (χ4n) is 5.85. The molecule has 0 unspecified atom stereocenters. The Balaban J connectivity index is 0.00000368. The molecule has 0 spiro atoms. The zero-order chi connectivity index (χ0) is 29.9. The minimum absolute atomic E-state index is 0. The van der Waals surface area contributed by atoms with Gasteiger partial charge in [0.2, 0.25) is 0 Å². The Morgan fingerprint density at radius 1 is 0.628 bits per heavy atom. The molecular weight excluding hydrogens is 705 g/mol. The van der Waals surface area contributed by atoms with E-state index in [1.54, 1.807) is 0 Å². The molecule has 2 nitrogen and oxygen atoms in total. The molecule has 4 aromatic carbocycles. The van der Waals surface area contributed by atoms with Gasteiger partial charge in [-0.15, -0.1) is 40.1 Å². The van der Waals surface area contributed by atoms with Crippen molar-refractivity contribution in [3.8, 4) is 33.5 Å². The van der Waals surface area contributed by atoms with Crippen LogP contribution in [0, 0.1) is 12.1 Å².